The van der Waals surface area contributed by atoms with Gasteiger partial charge in [0.05, 0.1) is 6.61 Å². The van der Waals surface area contributed by atoms with Crippen molar-refractivity contribution >= 4 is 0 Å². The van der Waals surface area contributed by atoms with Crippen LogP contribution in [0.15, 0.2) is 24.3 Å². The largest absolute Gasteiger partial charge is 0.395 e. The number of benzene rings is 1. The quantitative estimate of drug-likeness (QED) is 0.802. The molecule has 0 spiro atoms. The van der Waals surface area contributed by atoms with E-state index in [0.29, 0.717) is 6.54 Å². The fourth-order valence-electron chi connectivity index (χ4n) is 1.23. The van der Waals surface area contributed by atoms with Gasteiger partial charge in [-0.3, -0.25) is 0 Å². The molecule has 0 amide bonds. The number of aliphatic hydroxyl groups is 1. The molecule has 0 aliphatic heterocycles. The Morgan fingerprint density at radius 1 is 1.20 bits per heavy atom. The van der Waals surface area contributed by atoms with E-state index in [1.54, 1.807) is 0 Å². The van der Waals surface area contributed by atoms with E-state index in [9.17, 15) is 5.11 Å². The number of hydrogen-bond acceptors (Lipinski definition) is 2. The highest BCUT2D eigenvalue weighted by Gasteiger charge is 2.23. The third-order valence-corrected chi connectivity index (χ3v) is 2.55. The van der Waals surface area contributed by atoms with Crippen LogP contribution in [0.25, 0.3) is 0 Å². The van der Waals surface area contributed by atoms with Crippen LogP contribution < -0.4 is 5.73 Å². The summed E-state index contributed by atoms with van der Waals surface area (Å²) in [5.74, 6) is 0. The van der Waals surface area contributed by atoms with E-state index in [2.05, 4.69) is 0 Å². The predicted octanol–water partition coefficient (Wildman–Crippen LogP) is 2.23. The second-order valence-corrected chi connectivity index (χ2v) is 3.79. The maximum Gasteiger partial charge on any atom is 0.0537 e. The molecule has 0 saturated heterocycles. The summed E-state index contributed by atoms with van der Waals surface area (Å²) in [6.45, 7) is 8.57. The highest BCUT2D eigenvalue weighted by Crippen LogP contribution is 2.21. The second-order valence-electron chi connectivity index (χ2n) is 3.79. The lowest BCUT2D eigenvalue weighted by Gasteiger charge is -2.25. The van der Waals surface area contributed by atoms with Crippen LogP contribution >= 0.6 is 0 Å². The van der Waals surface area contributed by atoms with E-state index in [-0.39, 0.29) is 12.0 Å². The fraction of sp³-hybridized carbons (Fsp3) is 0.538. The molecule has 2 nitrogen and oxygen atoms in total. The summed E-state index contributed by atoms with van der Waals surface area (Å²) < 4.78 is 0. The molecule has 86 valence electrons. The molecule has 0 bridgehead atoms. The lowest BCUT2D eigenvalue weighted by Crippen LogP contribution is -2.35. The van der Waals surface area contributed by atoms with E-state index in [4.69, 9.17) is 5.73 Å². The molecule has 1 aromatic rings. The zero-order valence-electron chi connectivity index (χ0n) is 10.2. The summed E-state index contributed by atoms with van der Waals surface area (Å²) in [5, 5.41) is 9.23. The van der Waals surface area contributed by atoms with Gasteiger partial charge in [-0.2, -0.15) is 0 Å². The van der Waals surface area contributed by atoms with Crippen LogP contribution in [0, 0.1) is 6.92 Å². The molecule has 0 aromatic heterocycles. The van der Waals surface area contributed by atoms with Crippen molar-refractivity contribution in [2.24, 2.45) is 5.73 Å². The van der Waals surface area contributed by atoms with Gasteiger partial charge in [0.15, 0.2) is 0 Å². The molecule has 0 saturated carbocycles. The van der Waals surface area contributed by atoms with Crippen molar-refractivity contribution in [3.63, 3.8) is 0 Å². The number of rotatable bonds is 3. The molecule has 0 aliphatic carbocycles. The molecule has 2 heteroatoms. The Morgan fingerprint density at radius 2 is 1.67 bits per heavy atom. The maximum atomic E-state index is 9.23. The first-order chi connectivity index (χ1) is 7.12. The number of aryl methyl sites for hydroxylation is 1. The van der Waals surface area contributed by atoms with E-state index in [1.165, 1.54) is 5.56 Å². The van der Waals surface area contributed by atoms with Gasteiger partial charge < -0.3 is 10.8 Å². The van der Waals surface area contributed by atoms with Crippen LogP contribution in [0.1, 0.15) is 31.9 Å². The molecule has 1 rings (SSSR count). The van der Waals surface area contributed by atoms with Gasteiger partial charge in [0.1, 0.15) is 0 Å². The van der Waals surface area contributed by atoms with E-state index < -0.39 is 0 Å². The van der Waals surface area contributed by atoms with Crippen LogP contribution in [-0.4, -0.2) is 18.3 Å². The Hall–Kier alpha value is -0.860. The monoisotopic (exact) mass is 209 g/mol. The number of aliphatic hydroxyl groups excluding tert-OH is 1. The third-order valence-electron chi connectivity index (χ3n) is 2.55. The Balaban J connectivity index is 0.000000921. The number of hydrogen-bond donors (Lipinski definition) is 2. The van der Waals surface area contributed by atoms with Gasteiger partial charge in [0.2, 0.25) is 0 Å². The lowest BCUT2D eigenvalue weighted by molar-refractivity contribution is 0.210. The summed E-state index contributed by atoms with van der Waals surface area (Å²) in [5.41, 5.74) is 7.65. The zero-order valence-corrected chi connectivity index (χ0v) is 10.2. The zero-order chi connectivity index (χ0) is 11.9. The van der Waals surface area contributed by atoms with Crippen molar-refractivity contribution in [1.82, 2.24) is 0 Å². The molecule has 0 heterocycles. The highest BCUT2D eigenvalue weighted by atomic mass is 16.3. The van der Waals surface area contributed by atoms with Crippen LogP contribution in [0.5, 0.6) is 0 Å². The molecule has 15 heavy (non-hydrogen) atoms. The highest BCUT2D eigenvalue weighted by molar-refractivity contribution is 5.28. The minimum atomic E-state index is -0.298. The van der Waals surface area contributed by atoms with Gasteiger partial charge in [0, 0.05) is 12.0 Å². The van der Waals surface area contributed by atoms with Crippen molar-refractivity contribution < 1.29 is 5.11 Å². The maximum absolute atomic E-state index is 9.23. The molecule has 1 aromatic carbocycles. The SMILES string of the molecule is CC.Cc1ccc(C(C)(CN)CO)cc1. The van der Waals surface area contributed by atoms with Crippen molar-refractivity contribution in [3.8, 4) is 0 Å². The van der Waals surface area contributed by atoms with Crippen LogP contribution in [0.4, 0.5) is 0 Å². The molecule has 1 unspecified atom stereocenters. The fourth-order valence-corrected chi connectivity index (χ4v) is 1.23. The Morgan fingerprint density at radius 3 is 2.00 bits per heavy atom. The van der Waals surface area contributed by atoms with Crippen LogP contribution in [0.3, 0.4) is 0 Å². The Labute approximate surface area is 93.1 Å². The Kier molecular flexibility index (Phi) is 6.21. The van der Waals surface area contributed by atoms with Gasteiger partial charge in [-0.25, -0.2) is 0 Å². The van der Waals surface area contributed by atoms with E-state index in [1.807, 2.05) is 52.0 Å². The smallest absolute Gasteiger partial charge is 0.0537 e. The molecule has 0 aliphatic rings. The first-order valence-corrected chi connectivity index (χ1v) is 5.50. The summed E-state index contributed by atoms with van der Waals surface area (Å²) in [7, 11) is 0. The predicted molar refractivity (Wildman–Crippen MR) is 66.0 cm³/mol. The average Bonchev–Trinajstić information content (AvgIpc) is 2.31. The topological polar surface area (TPSA) is 46.2 Å². The van der Waals surface area contributed by atoms with Crippen LogP contribution in [-0.2, 0) is 5.41 Å². The Bertz CT molecular complexity index is 262. The standard InChI is InChI=1S/C11H17NO.C2H6/c1-9-3-5-10(6-4-9)11(2,7-12)8-13;1-2/h3-6,13H,7-8,12H2,1-2H3;1-2H3. The summed E-state index contributed by atoms with van der Waals surface area (Å²) in [6.07, 6.45) is 0. The first-order valence-electron chi connectivity index (χ1n) is 5.50. The van der Waals surface area contributed by atoms with Gasteiger partial charge in [0.25, 0.3) is 0 Å². The molecule has 0 radical (unpaired) electrons. The van der Waals surface area contributed by atoms with Gasteiger partial charge in [-0.15, -0.1) is 0 Å². The first kappa shape index (κ1) is 14.1. The number of nitrogens with two attached hydrogens (primary N) is 1. The average molecular weight is 209 g/mol. The molecule has 1 atom stereocenters. The van der Waals surface area contributed by atoms with Crippen molar-refractivity contribution in [2.75, 3.05) is 13.2 Å². The van der Waals surface area contributed by atoms with Gasteiger partial charge in [-0.05, 0) is 12.5 Å². The summed E-state index contributed by atoms with van der Waals surface area (Å²) >= 11 is 0. The molecular weight excluding hydrogens is 186 g/mol. The third kappa shape index (κ3) is 3.65. The van der Waals surface area contributed by atoms with Crippen LogP contribution in [0.2, 0.25) is 0 Å². The van der Waals surface area contributed by atoms with Crippen molar-refractivity contribution in [1.29, 1.82) is 0 Å². The van der Waals surface area contributed by atoms with Gasteiger partial charge >= 0.3 is 0 Å². The molecule has 0 fully saturated rings. The minimum Gasteiger partial charge on any atom is -0.395 e. The van der Waals surface area contributed by atoms with Crippen molar-refractivity contribution in [3.05, 3.63) is 35.4 Å². The summed E-state index contributed by atoms with van der Waals surface area (Å²) in [4.78, 5) is 0. The van der Waals surface area contributed by atoms with E-state index in [0.717, 1.165) is 5.56 Å². The molecule has 3 N–H and O–H groups in total. The van der Waals surface area contributed by atoms with Crippen molar-refractivity contribution in [2.45, 2.75) is 33.1 Å². The summed E-state index contributed by atoms with van der Waals surface area (Å²) in [6, 6.07) is 8.13. The van der Waals surface area contributed by atoms with Gasteiger partial charge in [-0.1, -0.05) is 50.6 Å². The second kappa shape index (κ2) is 6.59. The lowest BCUT2D eigenvalue weighted by atomic mass is 9.83. The van der Waals surface area contributed by atoms with E-state index >= 15 is 0 Å². The normalized spacial score (nSPS) is 13.7. The minimum absolute atomic E-state index is 0.0898. The molecular formula is C13H23NO.